The number of nitro groups is 1. The van der Waals surface area contributed by atoms with Crippen molar-refractivity contribution in [3.05, 3.63) is 98.5 Å². The minimum absolute atomic E-state index is 0.0339. The number of nitro benzene ring substituents is 1. The molecular formula is C21H17Cl2N3O5S. The van der Waals surface area contributed by atoms with Crippen LogP contribution in [0.1, 0.15) is 5.56 Å². The number of rotatable bonds is 8. The van der Waals surface area contributed by atoms with Crippen LogP contribution >= 0.6 is 23.2 Å². The van der Waals surface area contributed by atoms with Gasteiger partial charge in [0.25, 0.3) is 15.7 Å². The number of anilines is 1. The molecule has 0 atom stereocenters. The molecule has 1 amide bonds. The molecule has 3 rings (SSSR count). The Hall–Kier alpha value is -3.14. The zero-order valence-corrected chi connectivity index (χ0v) is 18.8. The van der Waals surface area contributed by atoms with Gasteiger partial charge < -0.3 is 5.32 Å². The fraction of sp³-hybridized carbons (Fsp3) is 0.0952. The summed E-state index contributed by atoms with van der Waals surface area (Å²) in [5, 5.41) is 13.7. The molecule has 0 saturated carbocycles. The van der Waals surface area contributed by atoms with Crippen LogP contribution in [0.5, 0.6) is 0 Å². The molecule has 0 unspecified atom stereocenters. The molecule has 0 spiro atoms. The number of non-ortho nitro benzene ring substituents is 1. The summed E-state index contributed by atoms with van der Waals surface area (Å²) >= 11 is 12.3. The van der Waals surface area contributed by atoms with Crippen LogP contribution < -0.4 is 9.62 Å². The lowest BCUT2D eigenvalue weighted by molar-refractivity contribution is -0.385. The van der Waals surface area contributed by atoms with Gasteiger partial charge in [-0.3, -0.25) is 19.2 Å². The van der Waals surface area contributed by atoms with Gasteiger partial charge in [-0.1, -0.05) is 65.7 Å². The van der Waals surface area contributed by atoms with E-state index in [0.29, 0.717) is 0 Å². The van der Waals surface area contributed by atoms with Gasteiger partial charge in [0.05, 0.1) is 20.7 Å². The Morgan fingerprint density at radius 3 is 2.28 bits per heavy atom. The number of benzene rings is 3. The minimum atomic E-state index is -4.49. The minimum Gasteiger partial charge on any atom is -0.350 e. The van der Waals surface area contributed by atoms with E-state index in [9.17, 15) is 23.3 Å². The van der Waals surface area contributed by atoms with Crippen molar-refractivity contribution < 1.29 is 18.1 Å². The van der Waals surface area contributed by atoms with Crippen molar-refractivity contribution in [2.45, 2.75) is 11.4 Å². The molecule has 3 aromatic rings. The number of carbonyl (C=O) groups excluding carboxylic acids is 1. The van der Waals surface area contributed by atoms with E-state index in [0.717, 1.165) is 28.1 Å². The maximum absolute atomic E-state index is 13.5. The van der Waals surface area contributed by atoms with Gasteiger partial charge in [0.15, 0.2) is 0 Å². The van der Waals surface area contributed by atoms with E-state index in [4.69, 9.17) is 23.2 Å². The first-order valence-electron chi connectivity index (χ1n) is 9.22. The second-order valence-corrected chi connectivity index (χ2v) is 9.24. The third kappa shape index (κ3) is 5.37. The molecule has 0 fully saturated rings. The summed E-state index contributed by atoms with van der Waals surface area (Å²) in [7, 11) is -4.49. The van der Waals surface area contributed by atoms with Crippen molar-refractivity contribution in [3.63, 3.8) is 0 Å². The highest BCUT2D eigenvalue weighted by atomic mass is 35.5. The average Bonchev–Trinajstić information content (AvgIpc) is 2.77. The Morgan fingerprint density at radius 1 is 0.969 bits per heavy atom. The number of hydrogen-bond acceptors (Lipinski definition) is 5. The van der Waals surface area contributed by atoms with Gasteiger partial charge in [0.2, 0.25) is 5.91 Å². The second kappa shape index (κ2) is 9.99. The molecule has 0 aliphatic heterocycles. The van der Waals surface area contributed by atoms with Crippen molar-refractivity contribution in [1.29, 1.82) is 0 Å². The summed E-state index contributed by atoms with van der Waals surface area (Å²) in [6.45, 7) is -0.425. The largest absolute Gasteiger partial charge is 0.350 e. The summed E-state index contributed by atoms with van der Waals surface area (Å²) < 4.78 is 27.7. The lowest BCUT2D eigenvalue weighted by Crippen LogP contribution is -2.41. The molecule has 3 aromatic carbocycles. The van der Waals surface area contributed by atoms with Crippen LogP contribution in [-0.2, 0) is 21.4 Å². The van der Waals surface area contributed by atoms with E-state index in [2.05, 4.69) is 5.32 Å². The van der Waals surface area contributed by atoms with Gasteiger partial charge in [0.1, 0.15) is 11.4 Å². The Kier molecular flexibility index (Phi) is 7.34. The van der Waals surface area contributed by atoms with Crippen LogP contribution in [0.2, 0.25) is 10.0 Å². The summed E-state index contributed by atoms with van der Waals surface area (Å²) in [5.74, 6) is -0.598. The third-order valence-electron chi connectivity index (χ3n) is 4.43. The van der Waals surface area contributed by atoms with E-state index < -0.39 is 38.0 Å². The highest BCUT2D eigenvalue weighted by Crippen LogP contribution is 2.34. The lowest BCUT2D eigenvalue weighted by atomic mass is 10.2. The van der Waals surface area contributed by atoms with Crippen molar-refractivity contribution in [2.75, 3.05) is 10.8 Å². The van der Waals surface area contributed by atoms with Crippen LogP contribution in [-0.4, -0.2) is 25.8 Å². The molecule has 8 nitrogen and oxygen atoms in total. The van der Waals surface area contributed by atoms with Crippen molar-refractivity contribution >= 4 is 50.5 Å². The van der Waals surface area contributed by atoms with E-state index in [1.54, 1.807) is 12.1 Å². The van der Waals surface area contributed by atoms with E-state index in [1.807, 2.05) is 30.3 Å². The smallest absolute Gasteiger partial charge is 0.270 e. The molecule has 0 radical (unpaired) electrons. The number of para-hydroxylation sites is 1. The molecule has 0 saturated heterocycles. The summed E-state index contributed by atoms with van der Waals surface area (Å²) in [4.78, 5) is 22.6. The Bertz CT molecular complexity index is 1250. The average molecular weight is 494 g/mol. The number of halogens is 2. The SMILES string of the molecule is O=C(CN(c1ccccc1Cl)S(=O)(=O)c1cc([N+](=O)[O-])ccc1Cl)NCc1ccccc1. The fourth-order valence-electron chi connectivity index (χ4n) is 2.86. The van der Waals surface area contributed by atoms with Gasteiger partial charge in [-0.2, -0.15) is 0 Å². The predicted octanol–water partition coefficient (Wildman–Crippen LogP) is 4.41. The van der Waals surface area contributed by atoms with Crippen LogP contribution in [0.25, 0.3) is 0 Å². The number of hydrogen-bond donors (Lipinski definition) is 1. The van der Waals surface area contributed by atoms with Crippen LogP contribution in [0.4, 0.5) is 11.4 Å². The van der Waals surface area contributed by atoms with E-state index >= 15 is 0 Å². The van der Waals surface area contributed by atoms with Gasteiger partial charge in [-0.15, -0.1) is 0 Å². The van der Waals surface area contributed by atoms with Crippen LogP contribution in [0.15, 0.2) is 77.7 Å². The highest BCUT2D eigenvalue weighted by Gasteiger charge is 2.31. The Balaban J connectivity index is 1.98. The number of sulfonamides is 1. The second-order valence-electron chi connectivity index (χ2n) is 6.60. The molecule has 0 aliphatic rings. The van der Waals surface area contributed by atoms with E-state index in [-0.39, 0.29) is 22.3 Å². The maximum Gasteiger partial charge on any atom is 0.270 e. The first-order chi connectivity index (χ1) is 15.2. The molecule has 1 N–H and O–H groups in total. The third-order valence-corrected chi connectivity index (χ3v) is 7.00. The zero-order chi connectivity index (χ0) is 23.3. The molecule has 11 heteroatoms. The standard InChI is InChI=1S/C21H17Cl2N3O5S/c22-17-8-4-5-9-19(17)25(14-21(27)24-13-15-6-2-1-3-7-15)32(30,31)20-12-16(26(28)29)10-11-18(20)23/h1-12H,13-14H2,(H,24,27). The van der Waals surface area contributed by atoms with Gasteiger partial charge >= 0.3 is 0 Å². The normalized spacial score (nSPS) is 11.1. The van der Waals surface area contributed by atoms with Crippen molar-refractivity contribution in [2.24, 2.45) is 0 Å². The van der Waals surface area contributed by atoms with Crippen LogP contribution in [0, 0.1) is 10.1 Å². The maximum atomic E-state index is 13.5. The predicted molar refractivity (Wildman–Crippen MR) is 122 cm³/mol. The summed E-state index contributed by atoms with van der Waals surface area (Å²) in [6, 6.07) is 18.2. The fourth-order valence-corrected chi connectivity index (χ4v) is 5.08. The van der Waals surface area contributed by atoms with Gasteiger partial charge in [0, 0.05) is 18.7 Å². The molecule has 0 bridgehead atoms. The summed E-state index contributed by atoms with van der Waals surface area (Å²) in [6.07, 6.45) is 0. The Morgan fingerprint density at radius 2 is 1.62 bits per heavy atom. The molecule has 166 valence electrons. The van der Waals surface area contributed by atoms with Crippen LogP contribution in [0.3, 0.4) is 0 Å². The molecule has 0 heterocycles. The monoisotopic (exact) mass is 493 g/mol. The molecule has 0 aromatic heterocycles. The first kappa shape index (κ1) is 23.5. The number of nitrogens with zero attached hydrogens (tertiary/aromatic N) is 2. The van der Waals surface area contributed by atoms with Crippen molar-refractivity contribution in [3.8, 4) is 0 Å². The molecule has 32 heavy (non-hydrogen) atoms. The summed E-state index contributed by atoms with van der Waals surface area (Å²) in [5.41, 5.74) is 0.405. The first-order valence-corrected chi connectivity index (χ1v) is 11.4. The van der Waals surface area contributed by atoms with E-state index in [1.165, 1.54) is 12.1 Å². The topological polar surface area (TPSA) is 110 Å². The van der Waals surface area contributed by atoms with Gasteiger partial charge in [-0.05, 0) is 23.8 Å². The van der Waals surface area contributed by atoms with Crippen molar-refractivity contribution in [1.82, 2.24) is 5.32 Å². The molecular weight excluding hydrogens is 477 g/mol. The highest BCUT2D eigenvalue weighted by molar-refractivity contribution is 7.93. The quantitative estimate of drug-likeness (QED) is 0.369. The zero-order valence-electron chi connectivity index (χ0n) is 16.4. The number of carbonyl (C=O) groups is 1. The molecule has 0 aliphatic carbocycles. The Labute approximate surface area is 194 Å². The number of nitrogens with one attached hydrogen (secondary N) is 1. The lowest BCUT2D eigenvalue weighted by Gasteiger charge is -2.25. The van der Waals surface area contributed by atoms with Gasteiger partial charge in [-0.25, -0.2) is 8.42 Å². The number of amides is 1.